The van der Waals surface area contributed by atoms with Crippen molar-refractivity contribution in [2.75, 3.05) is 55.3 Å². The van der Waals surface area contributed by atoms with E-state index in [1.165, 1.54) is 24.1 Å². The second kappa shape index (κ2) is 13.1. The van der Waals surface area contributed by atoms with Crippen molar-refractivity contribution in [1.82, 2.24) is 20.2 Å². The first kappa shape index (κ1) is 30.5. The van der Waals surface area contributed by atoms with E-state index in [9.17, 15) is 9.90 Å². The number of aryl methyl sites for hydroxylation is 2. The molecule has 42 heavy (non-hydrogen) atoms. The molecule has 1 saturated carbocycles. The van der Waals surface area contributed by atoms with Gasteiger partial charge < -0.3 is 36.6 Å². The molecule has 3 heterocycles. The third-order valence-corrected chi connectivity index (χ3v) is 9.77. The Bertz CT molecular complexity index is 1240. The van der Waals surface area contributed by atoms with Gasteiger partial charge in [-0.1, -0.05) is 13.8 Å². The number of nitrogens with zero attached hydrogens (tertiary/aromatic N) is 4. The molecule has 2 aromatic rings. The molecule has 1 aliphatic carbocycles. The SMILES string of the molecule is CCc1nc(C(N)=O)c(Nc2ccc(N3CCC(C4CN(C)CCN4)CC3)c(C)c2)nc1NC1CCC(O)(CC)CC1. The lowest BCUT2D eigenvalue weighted by atomic mass is 9.80. The summed E-state index contributed by atoms with van der Waals surface area (Å²) < 4.78 is 0. The van der Waals surface area contributed by atoms with Crippen molar-refractivity contribution in [3.63, 3.8) is 0 Å². The summed E-state index contributed by atoms with van der Waals surface area (Å²) in [6.45, 7) is 11.6. The lowest BCUT2D eigenvalue weighted by Crippen LogP contribution is -2.54. The molecule has 1 amide bonds. The summed E-state index contributed by atoms with van der Waals surface area (Å²) >= 11 is 0. The van der Waals surface area contributed by atoms with Gasteiger partial charge in [-0.05, 0) is 95.0 Å². The number of nitrogens with two attached hydrogens (primary N) is 1. The van der Waals surface area contributed by atoms with Crippen LogP contribution in [0, 0.1) is 12.8 Å². The predicted molar refractivity (Wildman–Crippen MR) is 170 cm³/mol. The molecule has 0 spiro atoms. The van der Waals surface area contributed by atoms with Crippen molar-refractivity contribution in [3.05, 3.63) is 35.2 Å². The van der Waals surface area contributed by atoms with Gasteiger partial charge in [-0.25, -0.2) is 9.97 Å². The first-order chi connectivity index (χ1) is 20.2. The van der Waals surface area contributed by atoms with Crippen LogP contribution in [-0.2, 0) is 6.42 Å². The number of piperidine rings is 1. The molecule has 5 rings (SSSR count). The molecule has 1 aromatic carbocycles. The highest BCUT2D eigenvalue weighted by Gasteiger charge is 2.32. The van der Waals surface area contributed by atoms with E-state index >= 15 is 0 Å². The fourth-order valence-corrected chi connectivity index (χ4v) is 6.95. The van der Waals surface area contributed by atoms with Gasteiger partial charge in [-0.15, -0.1) is 0 Å². The second-order valence-electron chi connectivity index (χ2n) is 12.7. The second-order valence-corrected chi connectivity index (χ2v) is 12.7. The van der Waals surface area contributed by atoms with Gasteiger partial charge in [-0.2, -0.15) is 0 Å². The molecule has 3 fully saturated rings. The molecule has 6 N–H and O–H groups in total. The van der Waals surface area contributed by atoms with Crippen LogP contribution in [0.4, 0.5) is 23.0 Å². The highest BCUT2D eigenvalue weighted by Crippen LogP contribution is 2.34. The van der Waals surface area contributed by atoms with Crippen molar-refractivity contribution in [1.29, 1.82) is 0 Å². The average Bonchev–Trinajstić information content (AvgIpc) is 2.98. The zero-order valence-electron chi connectivity index (χ0n) is 25.9. The molecular weight excluding hydrogens is 528 g/mol. The van der Waals surface area contributed by atoms with E-state index < -0.39 is 11.5 Å². The maximum atomic E-state index is 12.4. The monoisotopic (exact) mass is 578 g/mol. The summed E-state index contributed by atoms with van der Waals surface area (Å²) in [5.41, 5.74) is 9.32. The molecule has 0 radical (unpaired) electrons. The third kappa shape index (κ3) is 6.98. The number of benzene rings is 1. The van der Waals surface area contributed by atoms with Crippen LogP contribution in [0.1, 0.15) is 80.5 Å². The summed E-state index contributed by atoms with van der Waals surface area (Å²) in [7, 11) is 2.22. The Morgan fingerprint density at radius 2 is 1.86 bits per heavy atom. The van der Waals surface area contributed by atoms with Gasteiger partial charge in [0.1, 0.15) is 5.82 Å². The molecule has 230 valence electrons. The summed E-state index contributed by atoms with van der Waals surface area (Å²) in [6, 6.07) is 7.11. The number of rotatable bonds is 9. The first-order valence-corrected chi connectivity index (χ1v) is 15.9. The Morgan fingerprint density at radius 3 is 2.48 bits per heavy atom. The van der Waals surface area contributed by atoms with Crippen molar-refractivity contribution < 1.29 is 9.90 Å². The minimum absolute atomic E-state index is 0.146. The maximum Gasteiger partial charge on any atom is 0.271 e. The Hall–Kier alpha value is -2.95. The Kier molecular flexibility index (Phi) is 9.54. The smallest absolute Gasteiger partial charge is 0.271 e. The fraction of sp³-hybridized carbons (Fsp3) is 0.656. The van der Waals surface area contributed by atoms with Gasteiger partial charge in [0.25, 0.3) is 5.91 Å². The van der Waals surface area contributed by atoms with Crippen LogP contribution in [0.15, 0.2) is 18.2 Å². The topological polar surface area (TPSA) is 132 Å². The minimum atomic E-state index is -0.605. The number of amides is 1. The third-order valence-electron chi connectivity index (χ3n) is 9.77. The summed E-state index contributed by atoms with van der Waals surface area (Å²) in [5.74, 6) is 1.15. The van der Waals surface area contributed by atoms with E-state index in [4.69, 9.17) is 10.7 Å². The number of piperazine rings is 1. The molecule has 1 atom stereocenters. The van der Waals surface area contributed by atoms with Crippen LogP contribution < -0.4 is 26.6 Å². The Labute approximate surface area is 250 Å². The minimum Gasteiger partial charge on any atom is -0.390 e. The van der Waals surface area contributed by atoms with E-state index in [2.05, 4.69) is 56.8 Å². The highest BCUT2D eigenvalue weighted by atomic mass is 16.3. The maximum absolute atomic E-state index is 12.4. The van der Waals surface area contributed by atoms with Crippen LogP contribution in [0.5, 0.6) is 0 Å². The molecule has 10 nitrogen and oxygen atoms in total. The van der Waals surface area contributed by atoms with E-state index in [1.807, 2.05) is 19.9 Å². The van der Waals surface area contributed by atoms with Gasteiger partial charge in [0.2, 0.25) is 0 Å². The molecule has 3 aliphatic rings. The number of nitrogens with one attached hydrogen (secondary N) is 3. The lowest BCUT2D eigenvalue weighted by molar-refractivity contribution is -0.00196. The Morgan fingerprint density at radius 1 is 1.12 bits per heavy atom. The van der Waals surface area contributed by atoms with Crippen LogP contribution in [0.3, 0.4) is 0 Å². The zero-order chi connectivity index (χ0) is 29.9. The Balaban J connectivity index is 1.28. The molecular formula is C32H50N8O2. The number of aliphatic hydroxyl groups is 1. The number of aromatic nitrogens is 2. The van der Waals surface area contributed by atoms with E-state index in [0.29, 0.717) is 24.1 Å². The van der Waals surface area contributed by atoms with Gasteiger partial charge in [0.05, 0.1) is 11.3 Å². The van der Waals surface area contributed by atoms with Crippen LogP contribution in [0.2, 0.25) is 0 Å². The lowest BCUT2D eigenvalue weighted by Gasteiger charge is -2.41. The van der Waals surface area contributed by atoms with E-state index in [1.54, 1.807) is 0 Å². The quantitative estimate of drug-likeness (QED) is 0.301. The summed E-state index contributed by atoms with van der Waals surface area (Å²) in [5, 5.41) is 21.3. The number of hydrogen-bond donors (Lipinski definition) is 5. The standard InChI is InChI=1S/C32H50N8O2/c1-5-25-30(35-23-9-13-32(42,6-2)14-10-23)38-31(28(37-25)29(33)41)36-24-7-8-27(21(3)19-24)40-16-11-22(12-17-40)26-20-39(4)18-15-34-26/h7-8,19,22-23,26,34,42H,5-6,9-18,20H2,1-4H3,(H2,33,41)(H2,35,36,38). The fourth-order valence-electron chi connectivity index (χ4n) is 6.95. The first-order valence-electron chi connectivity index (χ1n) is 15.9. The normalized spacial score (nSPS) is 25.8. The van der Waals surface area contributed by atoms with Crippen molar-refractivity contribution in [2.45, 2.75) is 89.8 Å². The number of hydrogen-bond acceptors (Lipinski definition) is 9. The summed E-state index contributed by atoms with van der Waals surface area (Å²) in [4.78, 5) is 26.8. The highest BCUT2D eigenvalue weighted by molar-refractivity contribution is 5.96. The predicted octanol–water partition coefficient (Wildman–Crippen LogP) is 3.81. The molecule has 1 aromatic heterocycles. The molecule has 10 heteroatoms. The molecule has 2 saturated heterocycles. The zero-order valence-corrected chi connectivity index (χ0v) is 25.9. The van der Waals surface area contributed by atoms with Crippen LogP contribution >= 0.6 is 0 Å². The number of primary amides is 1. The van der Waals surface area contributed by atoms with Crippen molar-refractivity contribution in [3.8, 4) is 0 Å². The number of likely N-dealkylation sites (N-methyl/N-ethyl adjacent to an activating group) is 1. The molecule has 2 aliphatic heterocycles. The molecule has 1 unspecified atom stereocenters. The number of carbonyl (C=O) groups is 1. The van der Waals surface area contributed by atoms with Gasteiger partial charge in [0.15, 0.2) is 11.5 Å². The van der Waals surface area contributed by atoms with E-state index in [-0.39, 0.29) is 11.7 Å². The molecule has 0 bridgehead atoms. The van der Waals surface area contributed by atoms with Gasteiger partial charge in [0, 0.05) is 56.2 Å². The van der Waals surface area contributed by atoms with E-state index in [0.717, 1.165) is 82.1 Å². The number of carbonyl (C=O) groups excluding carboxylic acids is 1. The van der Waals surface area contributed by atoms with Gasteiger partial charge >= 0.3 is 0 Å². The van der Waals surface area contributed by atoms with Crippen molar-refractivity contribution in [2.24, 2.45) is 11.7 Å². The van der Waals surface area contributed by atoms with Crippen LogP contribution in [0.25, 0.3) is 0 Å². The van der Waals surface area contributed by atoms with Gasteiger partial charge in [-0.3, -0.25) is 4.79 Å². The average molecular weight is 579 g/mol. The largest absolute Gasteiger partial charge is 0.390 e. The summed E-state index contributed by atoms with van der Waals surface area (Å²) in [6.07, 6.45) is 7.04. The van der Waals surface area contributed by atoms with Crippen molar-refractivity contribution >= 4 is 28.9 Å². The van der Waals surface area contributed by atoms with Crippen LogP contribution in [-0.4, -0.2) is 83.3 Å². The number of anilines is 4.